The van der Waals surface area contributed by atoms with Crippen molar-refractivity contribution < 1.29 is 24.2 Å². The molecule has 0 radical (unpaired) electrons. The van der Waals surface area contributed by atoms with Crippen molar-refractivity contribution >= 4 is 29.7 Å². The van der Waals surface area contributed by atoms with Gasteiger partial charge in [-0.2, -0.15) is 0 Å². The lowest BCUT2D eigenvalue weighted by atomic mass is 10.1. The summed E-state index contributed by atoms with van der Waals surface area (Å²) in [6.45, 7) is 5.14. The first-order chi connectivity index (χ1) is 9.19. The maximum absolute atomic E-state index is 11.7. The number of thioether (sulfide) groups is 1. The quantitative estimate of drug-likeness (QED) is 0.742. The standard InChI is InChI=1S/C12H16N2O5S/c1-12(2,3)19-11(18)13-6-5-20-8-4-7(15)14(8)9(6)10(16)17/h8H,4-5H2,1-3H3,(H,13,18)(H,16,17). The number of carbonyl (C=O) groups excluding carboxylic acids is 2. The molecule has 2 amide bonds. The molecule has 1 unspecified atom stereocenters. The topological polar surface area (TPSA) is 95.9 Å². The molecule has 0 spiro atoms. The lowest BCUT2D eigenvalue weighted by molar-refractivity contribution is -0.146. The Bertz CT molecular complexity index is 508. The van der Waals surface area contributed by atoms with Crippen LogP contribution in [0, 0.1) is 0 Å². The highest BCUT2D eigenvalue weighted by Crippen LogP contribution is 2.39. The van der Waals surface area contributed by atoms with Crippen LogP contribution in [0.15, 0.2) is 11.4 Å². The van der Waals surface area contributed by atoms with Gasteiger partial charge in [0.1, 0.15) is 5.60 Å². The van der Waals surface area contributed by atoms with Crippen molar-refractivity contribution in [2.24, 2.45) is 0 Å². The van der Waals surface area contributed by atoms with Crippen LogP contribution in [0.4, 0.5) is 4.79 Å². The minimum atomic E-state index is -1.23. The Kier molecular flexibility index (Phi) is 3.68. The average Bonchev–Trinajstić information content (AvgIpc) is 2.26. The number of nitrogens with one attached hydrogen (secondary N) is 1. The molecule has 2 N–H and O–H groups in total. The molecule has 2 rings (SSSR count). The monoisotopic (exact) mass is 300 g/mol. The molecule has 0 aromatic carbocycles. The number of carboxylic acids is 1. The van der Waals surface area contributed by atoms with Gasteiger partial charge in [0, 0.05) is 5.75 Å². The summed E-state index contributed by atoms with van der Waals surface area (Å²) >= 11 is 1.42. The Labute approximate surface area is 120 Å². The van der Waals surface area contributed by atoms with Gasteiger partial charge in [0.2, 0.25) is 5.91 Å². The van der Waals surface area contributed by atoms with Crippen LogP contribution in [0.1, 0.15) is 27.2 Å². The number of alkyl carbamates (subject to hydrolysis) is 1. The minimum absolute atomic E-state index is 0.141. The average molecular weight is 300 g/mol. The summed E-state index contributed by atoms with van der Waals surface area (Å²) in [5.41, 5.74) is -0.637. The number of ether oxygens (including phenoxy) is 1. The number of amides is 2. The lowest BCUT2D eigenvalue weighted by Gasteiger charge is -2.43. The van der Waals surface area contributed by atoms with Crippen LogP contribution in [-0.4, -0.2) is 44.7 Å². The highest BCUT2D eigenvalue weighted by molar-refractivity contribution is 8.00. The molecular formula is C12H16N2O5S. The van der Waals surface area contributed by atoms with Gasteiger partial charge in [-0.1, -0.05) is 0 Å². The Hall–Kier alpha value is -1.70. The van der Waals surface area contributed by atoms with Gasteiger partial charge >= 0.3 is 12.1 Å². The van der Waals surface area contributed by atoms with Gasteiger partial charge in [-0.05, 0) is 20.8 Å². The molecule has 110 valence electrons. The van der Waals surface area contributed by atoms with Gasteiger partial charge in [0.15, 0.2) is 5.70 Å². The zero-order chi connectivity index (χ0) is 15.1. The molecule has 0 aromatic rings. The third kappa shape index (κ3) is 2.90. The molecule has 8 heteroatoms. The van der Waals surface area contributed by atoms with Crippen LogP contribution in [0.5, 0.6) is 0 Å². The molecule has 1 atom stereocenters. The van der Waals surface area contributed by atoms with Crippen molar-refractivity contribution in [3.63, 3.8) is 0 Å². The van der Waals surface area contributed by atoms with Crippen molar-refractivity contribution in [3.8, 4) is 0 Å². The fourth-order valence-corrected chi connectivity index (χ4v) is 3.14. The molecule has 1 fully saturated rings. The van der Waals surface area contributed by atoms with Gasteiger partial charge in [0.25, 0.3) is 0 Å². The number of hydrogen-bond acceptors (Lipinski definition) is 5. The molecule has 2 heterocycles. The molecule has 0 aromatic heterocycles. The van der Waals surface area contributed by atoms with E-state index in [0.717, 1.165) is 0 Å². The van der Waals surface area contributed by atoms with E-state index in [1.165, 1.54) is 16.7 Å². The van der Waals surface area contributed by atoms with Crippen molar-refractivity contribution in [2.45, 2.75) is 38.2 Å². The second kappa shape index (κ2) is 5.01. The fourth-order valence-electron chi connectivity index (χ4n) is 1.94. The number of hydrogen-bond donors (Lipinski definition) is 2. The second-order valence-corrected chi connectivity index (χ2v) is 6.66. The molecular weight excluding hydrogens is 284 g/mol. The van der Waals surface area contributed by atoms with Gasteiger partial charge in [-0.15, -0.1) is 11.8 Å². The zero-order valence-corrected chi connectivity index (χ0v) is 12.2. The minimum Gasteiger partial charge on any atom is -0.477 e. The molecule has 0 aliphatic carbocycles. The summed E-state index contributed by atoms with van der Waals surface area (Å²) in [6, 6.07) is 0. The van der Waals surface area contributed by atoms with E-state index in [1.807, 2.05) is 0 Å². The number of carbonyl (C=O) groups is 3. The molecule has 20 heavy (non-hydrogen) atoms. The Balaban J connectivity index is 2.19. The van der Waals surface area contributed by atoms with E-state index < -0.39 is 17.7 Å². The van der Waals surface area contributed by atoms with E-state index >= 15 is 0 Å². The van der Waals surface area contributed by atoms with Crippen LogP contribution in [0.3, 0.4) is 0 Å². The number of rotatable bonds is 2. The first kappa shape index (κ1) is 14.7. The molecule has 0 bridgehead atoms. The predicted molar refractivity (Wildman–Crippen MR) is 71.7 cm³/mol. The first-order valence-electron chi connectivity index (χ1n) is 6.09. The van der Waals surface area contributed by atoms with Crippen molar-refractivity contribution in [1.29, 1.82) is 0 Å². The van der Waals surface area contributed by atoms with E-state index in [9.17, 15) is 19.5 Å². The normalized spacial score (nSPS) is 22.1. The Morgan fingerprint density at radius 3 is 2.60 bits per heavy atom. The zero-order valence-electron chi connectivity index (χ0n) is 11.4. The number of carboxylic acid groups (broad SMARTS) is 1. The smallest absolute Gasteiger partial charge is 0.411 e. The number of fused-ring (bicyclic) bond motifs is 1. The van der Waals surface area contributed by atoms with Crippen LogP contribution >= 0.6 is 11.8 Å². The first-order valence-corrected chi connectivity index (χ1v) is 7.14. The van der Waals surface area contributed by atoms with Crippen molar-refractivity contribution in [1.82, 2.24) is 10.2 Å². The van der Waals surface area contributed by atoms with E-state index in [1.54, 1.807) is 20.8 Å². The summed E-state index contributed by atoms with van der Waals surface area (Å²) in [5.74, 6) is -1.15. The van der Waals surface area contributed by atoms with Crippen molar-refractivity contribution in [2.75, 3.05) is 5.75 Å². The third-order valence-electron chi connectivity index (χ3n) is 2.71. The maximum atomic E-state index is 11.7. The predicted octanol–water partition coefficient (Wildman–Crippen LogP) is 1.11. The Morgan fingerprint density at radius 1 is 1.45 bits per heavy atom. The summed E-state index contributed by atoms with van der Waals surface area (Å²) in [7, 11) is 0. The summed E-state index contributed by atoms with van der Waals surface area (Å²) in [6.07, 6.45) is -0.389. The second-order valence-electron chi connectivity index (χ2n) is 5.49. The third-order valence-corrected chi connectivity index (χ3v) is 3.92. The molecule has 2 aliphatic heterocycles. The molecule has 0 saturated carbocycles. The van der Waals surface area contributed by atoms with Crippen LogP contribution in [0.25, 0.3) is 0 Å². The Morgan fingerprint density at radius 2 is 2.10 bits per heavy atom. The number of β-lactam (4-membered cyclic amide) rings is 1. The highest BCUT2D eigenvalue weighted by atomic mass is 32.2. The summed E-state index contributed by atoms with van der Waals surface area (Å²) in [5, 5.41) is 11.5. The summed E-state index contributed by atoms with van der Waals surface area (Å²) < 4.78 is 5.09. The van der Waals surface area contributed by atoms with Crippen LogP contribution in [-0.2, 0) is 14.3 Å². The van der Waals surface area contributed by atoms with Crippen LogP contribution in [0.2, 0.25) is 0 Å². The molecule has 1 saturated heterocycles. The number of nitrogens with zero attached hydrogens (tertiary/aromatic N) is 1. The van der Waals surface area contributed by atoms with E-state index in [2.05, 4.69) is 5.32 Å². The molecule has 7 nitrogen and oxygen atoms in total. The van der Waals surface area contributed by atoms with Crippen LogP contribution < -0.4 is 5.32 Å². The van der Waals surface area contributed by atoms with Gasteiger partial charge in [0.05, 0.1) is 17.5 Å². The van der Waals surface area contributed by atoms with Gasteiger partial charge in [-0.3, -0.25) is 15.0 Å². The van der Waals surface area contributed by atoms with Gasteiger partial charge in [-0.25, -0.2) is 9.59 Å². The van der Waals surface area contributed by atoms with Gasteiger partial charge < -0.3 is 9.84 Å². The largest absolute Gasteiger partial charge is 0.477 e. The number of aliphatic carboxylic acids is 1. The van der Waals surface area contributed by atoms with E-state index in [4.69, 9.17) is 4.74 Å². The van der Waals surface area contributed by atoms with E-state index in [-0.39, 0.29) is 22.7 Å². The summed E-state index contributed by atoms with van der Waals surface area (Å²) in [4.78, 5) is 35.7. The fraction of sp³-hybridized carbons (Fsp3) is 0.583. The molecule has 2 aliphatic rings. The SMILES string of the molecule is CC(C)(C)OC(=O)NC1=C(C(=O)O)N2C(=O)CC2SC1. The van der Waals surface area contributed by atoms with Crippen molar-refractivity contribution in [3.05, 3.63) is 11.4 Å². The maximum Gasteiger partial charge on any atom is 0.411 e. The lowest BCUT2D eigenvalue weighted by Crippen LogP contribution is -2.55. The highest BCUT2D eigenvalue weighted by Gasteiger charge is 2.45. The van der Waals surface area contributed by atoms with E-state index in [0.29, 0.717) is 12.2 Å².